The summed E-state index contributed by atoms with van der Waals surface area (Å²) in [7, 11) is 0. The second-order valence-corrected chi connectivity index (χ2v) is 10.7. The second kappa shape index (κ2) is 16.5. The number of aliphatic carboxylic acids is 1. The van der Waals surface area contributed by atoms with E-state index in [-0.39, 0.29) is 23.9 Å². The van der Waals surface area contributed by atoms with Crippen LogP contribution in [-0.2, 0) is 27.2 Å². The van der Waals surface area contributed by atoms with Crippen LogP contribution in [-0.4, -0.2) is 41.1 Å². The molecule has 40 heavy (non-hydrogen) atoms. The number of carboxylic acids is 1. The molecule has 0 bridgehead atoms. The van der Waals surface area contributed by atoms with Gasteiger partial charge in [0.25, 0.3) is 0 Å². The molecule has 2 aromatic carbocycles. The van der Waals surface area contributed by atoms with E-state index in [1.165, 1.54) is 0 Å². The van der Waals surface area contributed by atoms with Gasteiger partial charge in [0.1, 0.15) is 11.8 Å². The third kappa shape index (κ3) is 10.2. The summed E-state index contributed by atoms with van der Waals surface area (Å²) in [6.07, 6.45) is 10.1. The van der Waals surface area contributed by atoms with Crippen LogP contribution in [0, 0.1) is 5.92 Å². The third-order valence-electron chi connectivity index (χ3n) is 7.47. The number of amides is 1. The molecule has 2 aromatic rings. The number of hydrogen-bond donors (Lipinski definition) is 3. The van der Waals surface area contributed by atoms with Crippen molar-refractivity contribution in [3.63, 3.8) is 0 Å². The molecule has 214 valence electrons. The first-order valence-corrected chi connectivity index (χ1v) is 14.5. The third-order valence-corrected chi connectivity index (χ3v) is 7.47. The maximum absolute atomic E-state index is 13.1. The molecule has 0 spiro atoms. The average molecular weight is 547 g/mol. The van der Waals surface area contributed by atoms with Crippen molar-refractivity contribution >= 4 is 23.4 Å². The quantitative estimate of drug-likeness (QED) is 0.196. The summed E-state index contributed by atoms with van der Waals surface area (Å²) in [4.78, 5) is 50.2. The number of ketones is 2. The molecule has 0 fully saturated rings. The van der Waals surface area contributed by atoms with Crippen LogP contribution in [0.3, 0.4) is 0 Å². The Kier molecular flexibility index (Phi) is 12.8. The number of nitrogens with two attached hydrogens (primary N) is 1. The lowest BCUT2D eigenvalue weighted by atomic mass is 9.92. The van der Waals surface area contributed by atoms with Gasteiger partial charge in [-0.1, -0.05) is 67.1 Å². The highest BCUT2D eigenvalue weighted by Crippen LogP contribution is 2.26. The predicted molar refractivity (Wildman–Crippen MR) is 156 cm³/mol. The zero-order valence-corrected chi connectivity index (χ0v) is 23.3. The number of unbranched alkanes of at least 4 members (excludes halogenated alkanes) is 2. The number of carboxylic acid groups (broad SMARTS) is 1. The van der Waals surface area contributed by atoms with Gasteiger partial charge in [0.05, 0.1) is 0 Å². The Labute approximate surface area is 237 Å². The SMILES string of the molecule is NCCCCCC(=O)CCCc1ccc(CC(NC(=O)C2CCCC=C(C(=O)c3ccccc3)C2)C(=O)O)cc1. The Hall–Kier alpha value is -3.58. The van der Waals surface area contributed by atoms with Crippen LogP contribution in [0.2, 0.25) is 0 Å². The van der Waals surface area contributed by atoms with Crippen molar-refractivity contribution in [2.45, 2.75) is 83.1 Å². The fourth-order valence-corrected chi connectivity index (χ4v) is 5.10. The first-order chi connectivity index (χ1) is 19.4. The van der Waals surface area contributed by atoms with Crippen LogP contribution in [0.4, 0.5) is 0 Å². The minimum Gasteiger partial charge on any atom is -0.480 e. The van der Waals surface area contributed by atoms with E-state index in [1.807, 2.05) is 48.5 Å². The minimum absolute atomic E-state index is 0.0814. The summed E-state index contributed by atoms with van der Waals surface area (Å²) >= 11 is 0. The summed E-state index contributed by atoms with van der Waals surface area (Å²) in [5, 5.41) is 12.5. The van der Waals surface area contributed by atoms with Crippen LogP contribution < -0.4 is 11.1 Å². The average Bonchev–Trinajstić information content (AvgIpc) is 3.22. The number of rotatable bonds is 16. The molecule has 1 aliphatic carbocycles. The van der Waals surface area contributed by atoms with Gasteiger partial charge in [-0.25, -0.2) is 4.79 Å². The van der Waals surface area contributed by atoms with Crippen LogP contribution >= 0.6 is 0 Å². The molecule has 0 aromatic heterocycles. The van der Waals surface area contributed by atoms with E-state index >= 15 is 0 Å². The first kappa shape index (κ1) is 31.0. The Bertz CT molecular complexity index is 1160. The molecular weight excluding hydrogens is 504 g/mol. The second-order valence-electron chi connectivity index (χ2n) is 10.7. The summed E-state index contributed by atoms with van der Waals surface area (Å²) in [5.74, 6) is -1.66. The topological polar surface area (TPSA) is 127 Å². The van der Waals surface area contributed by atoms with E-state index in [4.69, 9.17) is 5.73 Å². The van der Waals surface area contributed by atoms with Gasteiger partial charge in [0.2, 0.25) is 5.91 Å². The Morgan fingerprint density at radius 3 is 2.30 bits per heavy atom. The maximum atomic E-state index is 13.1. The highest BCUT2D eigenvalue weighted by molar-refractivity contribution is 6.09. The first-order valence-electron chi connectivity index (χ1n) is 14.5. The molecule has 0 heterocycles. The number of hydrogen-bond acceptors (Lipinski definition) is 5. The Morgan fingerprint density at radius 1 is 0.900 bits per heavy atom. The molecular formula is C33H42N2O5. The number of benzene rings is 2. The molecule has 0 saturated heterocycles. The van der Waals surface area contributed by atoms with Crippen molar-refractivity contribution in [2.75, 3.05) is 6.54 Å². The van der Waals surface area contributed by atoms with Gasteiger partial charge in [-0.2, -0.15) is 0 Å². The van der Waals surface area contributed by atoms with Gasteiger partial charge in [-0.05, 0) is 74.6 Å². The maximum Gasteiger partial charge on any atom is 0.326 e. The Morgan fingerprint density at radius 2 is 1.60 bits per heavy atom. The zero-order chi connectivity index (χ0) is 28.7. The van der Waals surface area contributed by atoms with Crippen molar-refractivity contribution in [1.82, 2.24) is 5.32 Å². The fraction of sp³-hybridized carbons (Fsp3) is 0.455. The molecule has 2 unspecified atom stereocenters. The van der Waals surface area contributed by atoms with Gasteiger partial charge in [0, 0.05) is 30.7 Å². The van der Waals surface area contributed by atoms with Gasteiger partial charge < -0.3 is 16.2 Å². The molecule has 0 saturated carbocycles. The molecule has 0 aliphatic heterocycles. The number of carbonyl (C=O) groups is 4. The molecule has 7 nitrogen and oxygen atoms in total. The molecule has 4 N–H and O–H groups in total. The van der Waals surface area contributed by atoms with Crippen molar-refractivity contribution in [3.8, 4) is 0 Å². The molecule has 1 aliphatic rings. The van der Waals surface area contributed by atoms with Crippen LogP contribution in [0.15, 0.2) is 66.2 Å². The van der Waals surface area contributed by atoms with E-state index in [1.54, 1.807) is 12.1 Å². The lowest BCUT2D eigenvalue weighted by Crippen LogP contribution is -2.45. The predicted octanol–water partition coefficient (Wildman–Crippen LogP) is 5.21. The van der Waals surface area contributed by atoms with Crippen LogP contribution in [0.1, 0.15) is 85.7 Å². The lowest BCUT2D eigenvalue weighted by molar-refractivity contribution is -0.142. The van der Waals surface area contributed by atoms with Gasteiger partial charge >= 0.3 is 5.97 Å². The smallest absolute Gasteiger partial charge is 0.326 e. The summed E-state index contributed by atoms with van der Waals surface area (Å²) in [6, 6.07) is 15.6. The van der Waals surface area contributed by atoms with E-state index < -0.39 is 17.9 Å². The van der Waals surface area contributed by atoms with Crippen molar-refractivity contribution in [2.24, 2.45) is 11.7 Å². The lowest BCUT2D eigenvalue weighted by Gasteiger charge is -2.20. The monoisotopic (exact) mass is 546 g/mol. The molecule has 1 amide bonds. The molecule has 0 radical (unpaired) electrons. The highest BCUT2D eigenvalue weighted by atomic mass is 16.4. The largest absolute Gasteiger partial charge is 0.480 e. The minimum atomic E-state index is -1.09. The Balaban J connectivity index is 1.50. The molecule has 2 atom stereocenters. The number of allylic oxidation sites excluding steroid dienone is 2. The van der Waals surface area contributed by atoms with E-state index in [0.29, 0.717) is 43.4 Å². The van der Waals surface area contributed by atoms with E-state index in [2.05, 4.69) is 5.32 Å². The van der Waals surface area contributed by atoms with Gasteiger partial charge in [-0.3, -0.25) is 14.4 Å². The fourth-order valence-electron chi connectivity index (χ4n) is 5.10. The highest BCUT2D eigenvalue weighted by Gasteiger charge is 2.28. The summed E-state index contributed by atoms with van der Waals surface area (Å²) in [6.45, 7) is 0.667. The summed E-state index contributed by atoms with van der Waals surface area (Å²) in [5.41, 5.74) is 8.59. The number of carbonyl (C=O) groups excluding carboxylic acids is 3. The summed E-state index contributed by atoms with van der Waals surface area (Å²) < 4.78 is 0. The standard InChI is InChI=1S/C33H42N2O5/c34-21-8-2-5-15-29(36)16-9-10-24-17-19-25(20-18-24)22-30(33(39)40)35-32(38)28-14-7-6-13-27(23-28)31(37)26-11-3-1-4-12-26/h1,3-4,11-13,17-20,28,30H,2,5-10,14-16,21-23,34H2,(H,35,38)(H,39,40). The number of Topliss-reactive ketones (excluding diaryl/α,β-unsaturated/α-hetero) is 2. The zero-order valence-electron chi connectivity index (χ0n) is 23.3. The van der Waals surface area contributed by atoms with Gasteiger partial charge in [0.15, 0.2) is 5.78 Å². The van der Waals surface area contributed by atoms with E-state index in [0.717, 1.165) is 56.1 Å². The molecule has 3 rings (SSSR count). The van der Waals surface area contributed by atoms with Crippen molar-refractivity contribution < 1.29 is 24.3 Å². The normalized spacial score (nSPS) is 15.9. The molecule has 7 heteroatoms. The van der Waals surface area contributed by atoms with Crippen molar-refractivity contribution in [3.05, 3.63) is 82.9 Å². The number of aryl methyl sites for hydroxylation is 1. The van der Waals surface area contributed by atoms with Crippen molar-refractivity contribution in [1.29, 1.82) is 0 Å². The van der Waals surface area contributed by atoms with E-state index in [9.17, 15) is 24.3 Å². The van der Waals surface area contributed by atoms with Gasteiger partial charge in [-0.15, -0.1) is 0 Å². The van der Waals surface area contributed by atoms with Crippen LogP contribution in [0.5, 0.6) is 0 Å². The van der Waals surface area contributed by atoms with Crippen LogP contribution in [0.25, 0.3) is 0 Å². The number of nitrogens with one attached hydrogen (secondary N) is 1.